The van der Waals surface area contributed by atoms with Crippen molar-refractivity contribution >= 4 is 22.6 Å². The Hall–Kier alpha value is -2.82. The first-order valence-electron chi connectivity index (χ1n) is 7.52. The molecule has 4 N–H and O–H groups in total. The summed E-state index contributed by atoms with van der Waals surface area (Å²) in [6, 6.07) is 13.4. The number of hydrogen-bond donors (Lipinski definition) is 2. The maximum Gasteiger partial charge on any atom is 0.284 e. The molecule has 0 atom stereocenters. The highest BCUT2D eigenvalue weighted by atomic mass is 16.5. The summed E-state index contributed by atoms with van der Waals surface area (Å²) in [6.45, 7) is 0. The second-order valence-electron chi connectivity index (χ2n) is 5.22. The van der Waals surface area contributed by atoms with E-state index in [0.29, 0.717) is 25.0 Å². The lowest BCUT2D eigenvalue weighted by atomic mass is 10.1. The van der Waals surface area contributed by atoms with Crippen molar-refractivity contribution in [2.75, 3.05) is 0 Å². The first-order chi connectivity index (χ1) is 11.1. The normalized spacial score (nSPS) is 11.4. The molecule has 0 aliphatic rings. The molecule has 0 radical (unpaired) electrons. The number of benzene rings is 2. The van der Waals surface area contributed by atoms with Crippen molar-refractivity contribution < 1.29 is 14.3 Å². The summed E-state index contributed by atoms with van der Waals surface area (Å²) in [5.41, 5.74) is 10.5. The maximum atomic E-state index is 11.6. The highest BCUT2D eigenvalue weighted by Gasteiger charge is 2.10. The van der Waals surface area contributed by atoms with Crippen molar-refractivity contribution in [3.8, 4) is 5.75 Å². The van der Waals surface area contributed by atoms with Crippen molar-refractivity contribution in [1.82, 2.24) is 0 Å². The van der Waals surface area contributed by atoms with Crippen LogP contribution in [0.25, 0.3) is 10.8 Å². The third-order valence-electron chi connectivity index (χ3n) is 3.42. The van der Waals surface area contributed by atoms with E-state index in [2.05, 4.69) is 0 Å². The highest BCUT2D eigenvalue weighted by molar-refractivity contribution is 5.92. The third-order valence-corrected chi connectivity index (χ3v) is 3.42. The zero-order valence-corrected chi connectivity index (χ0v) is 12.8. The molecule has 0 spiro atoms. The fraction of sp³-hybridized carbons (Fsp3) is 0.222. The van der Waals surface area contributed by atoms with Gasteiger partial charge in [-0.05, 0) is 36.8 Å². The number of hydrogen-bond acceptors (Lipinski definition) is 3. The smallest absolute Gasteiger partial charge is 0.284 e. The summed E-state index contributed by atoms with van der Waals surface area (Å²) < 4.78 is 5.71. The van der Waals surface area contributed by atoms with E-state index in [4.69, 9.17) is 16.2 Å². The molecule has 5 nitrogen and oxygen atoms in total. The lowest BCUT2D eigenvalue weighted by molar-refractivity contribution is -0.118. The summed E-state index contributed by atoms with van der Waals surface area (Å²) in [5.74, 6) is -0.241. The average molecular weight is 312 g/mol. The van der Waals surface area contributed by atoms with Gasteiger partial charge < -0.3 is 16.2 Å². The van der Waals surface area contributed by atoms with Crippen LogP contribution in [0.15, 0.2) is 54.3 Å². The zero-order valence-electron chi connectivity index (χ0n) is 12.8. The molecular formula is C18H20N2O3. The molecule has 120 valence electrons. The Morgan fingerprint density at radius 1 is 1.00 bits per heavy atom. The minimum Gasteiger partial charge on any atom is -0.451 e. The SMILES string of the molecule is NC(=O)CCCCC=C(Oc1cccc2ccccc12)C(N)=O. The van der Waals surface area contributed by atoms with Crippen molar-refractivity contribution in [3.05, 3.63) is 54.3 Å². The van der Waals surface area contributed by atoms with Crippen molar-refractivity contribution in [1.29, 1.82) is 0 Å². The molecule has 0 saturated heterocycles. The largest absolute Gasteiger partial charge is 0.451 e. The molecule has 2 amide bonds. The lowest BCUT2D eigenvalue weighted by Gasteiger charge is -2.10. The molecule has 0 unspecified atom stereocenters. The van der Waals surface area contributed by atoms with E-state index >= 15 is 0 Å². The van der Waals surface area contributed by atoms with Gasteiger partial charge in [-0.15, -0.1) is 0 Å². The third kappa shape index (κ3) is 4.85. The fourth-order valence-electron chi connectivity index (χ4n) is 2.27. The van der Waals surface area contributed by atoms with Gasteiger partial charge in [-0.2, -0.15) is 0 Å². The monoisotopic (exact) mass is 312 g/mol. The summed E-state index contributed by atoms with van der Waals surface area (Å²) in [7, 11) is 0. The highest BCUT2D eigenvalue weighted by Crippen LogP contribution is 2.26. The summed E-state index contributed by atoms with van der Waals surface area (Å²) >= 11 is 0. The molecule has 0 aliphatic heterocycles. The van der Waals surface area contributed by atoms with Crippen molar-refractivity contribution in [2.45, 2.75) is 25.7 Å². The zero-order chi connectivity index (χ0) is 16.7. The number of allylic oxidation sites excluding steroid dienone is 1. The molecule has 0 heterocycles. The Bertz CT molecular complexity index is 733. The Morgan fingerprint density at radius 3 is 2.48 bits per heavy atom. The van der Waals surface area contributed by atoms with E-state index in [-0.39, 0.29) is 11.7 Å². The lowest BCUT2D eigenvalue weighted by Crippen LogP contribution is -2.18. The number of fused-ring (bicyclic) bond motifs is 1. The van der Waals surface area contributed by atoms with Gasteiger partial charge in [0.15, 0.2) is 5.76 Å². The van der Waals surface area contributed by atoms with Crippen LogP contribution in [0.4, 0.5) is 0 Å². The number of amides is 2. The minimum atomic E-state index is -0.618. The molecule has 0 fully saturated rings. The Balaban J connectivity index is 2.09. The molecule has 5 heteroatoms. The minimum absolute atomic E-state index is 0.112. The number of rotatable bonds is 8. The standard InChI is InChI=1S/C18H20N2O3/c19-17(21)12-3-1-2-10-16(18(20)22)23-15-11-6-8-13-7-4-5-9-14(13)15/h4-11H,1-3,12H2,(H2,19,21)(H2,20,22). The first-order valence-corrected chi connectivity index (χ1v) is 7.52. The van der Waals surface area contributed by atoms with Gasteiger partial charge in [0, 0.05) is 11.8 Å². The number of nitrogens with two attached hydrogens (primary N) is 2. The Labute approximate surface area is 134 Å². The van der Waals surface area contributed by atoms with Gasteiger partial charge in [-0.3, -0.25) is 9.59 Å². The van der Waals surface area contributed by atoms with Gasteiger partial charge in [-0.1, -0.05) is 36.4 Å². The molecule has 2 aromatic rings. The van der Waals surface area contributed by atoms with Crippen LogP contribution < -0.4 is 16.2 Å². The number of ether oxygens (including phenoxy) is 1. The fourth-order valence-corrected chi connectivity index (χ4v) is 2.27. The Morgan fingerprint density at radius 2 is 1.74 bits per heavy atom. The molecule has 0 aromatic heterocycles. The van der Waals surface area contributed by atoms with E-state index in [1.54, 1.807) is 12.1 Å². The van der Waals surface area contributed by atoms with Crippen molar-refractivity contribution in [2.24, 2.45) is 11.5 Å². The molecule has 2 aromatic carbocycles. The topological polar surface area (TPSA) is 95.4 Å². The van der Waals surface area contributed by atoms with Crippen LogP contribution in [0.1, 0.15) is 25.7 Å². The summed E-state index contributed by atoms with van der Waals surface area (Å²) in [4.78, 5) is 22.2. The number of primary amides is 2. The van der Waals surface area contributed by atoms with Crippen LogP contribution in [-0.2, 0) is 9.59 Å². The van der Waals surface area contributed by atoms with E-state index < -0.39 is 5.91 Å². The van der Waals surface area contributed by atoms with Gasteiger partial charge in [0.2, 0.25) is 5.91 Å². The molecule has 0 bridgehead atoms. The maximum absolute atomic E-state index is 11.6. The van der Waals surface area contributed by atoms with Crippen LogP contribution >= 0.6 is 0 Å². The number of carbonyl (C=O) groups is 2. The van der Waals surface area contributed by atoms with Crippen molar-refractivity contribution in [3.63, 3.8) is 0 Å². The van der Waals surface area contributed by atoms with Crippen LogP contribution in [0.3, 0.4) is 0 Å². The number of unbranched alkanes of at least 4 members (excludes halogenated alkanes) is 2. The van der Waals surface area contributed by atoms with E-state index in [9.17, 15) is 9.59 Å². The van der Waals surface area contributed by atoms with E-state index in [0.717, 1.165) is 17.2 Å². The van der Waals surface area contributed by atoms with Gasteiger partial charge in [-0.25, -0.2) is 0 Å². The second-order valence-corrected chi connectivity index (χ2v) is 5.22. The molecule has 23 heavy (non-hydrogen) atoms. The van der Waals surface area contributed by atoms with Crippen LogP contribution in [-0.4, -0.2) is 11.8 Å². The number of carbonyl (C=O) groups excluding carboxylic acids is 2. The van der Waals surface area contributed by atoms with E-state index in [1.165, 1.54) is 0 Å². The second kappa shape index (κ2) is 7.98. The van der Waals surface area contributed by atoms with Gasteiger partial charge >= 0.3 is 0 Å². The summed E-state index contributed by atoms with van der Waals surface area (Å²) in [5, 5.41) is 1.94. The van der Waals surface area contributed by atoms with E-state index in [1.807, 2.05) is 36.4 Å². The average Bonchev–Trinajstić information content (AvgIpc) is 2.53. The molecule has 2 rings (SSSR count). The first kappa shape index (κ1) is 16.5. The van der Waals surface area contributed by atoms with Crippen LogP contribution in [0.2, 0.25) is 0 Å². The van der Waals surface area contributed by atoms with Gasteiger partial charge in [0.25, 0.3) is 5.91 Å². The van der Waals surface area contributed by atoms with Crippen LogP contribution in [0, 0.1) is 0 Å². The predicted octanol–water partition coefficient (Wildman–Crippen LogP) is 2.63. The molecule has 0 saturated carbocycles. The van der Waals surface area contributed by atoms with Crippen LogP contribution in [0.5, 0.6) is 5.75 Å². The quantitative estimate of drug-likeness (QED) is 0.445. The molecule has 0 aliphatic carbocycles. The predicted molar refractivity (Wildman–Crippen MR) is 89.5 cm³/mol. The summed E-state index contributed by atoms with van der Waals surface area (Å²) in [6.07, 6.45) is 4.00. The Kier molecular flexibility index (Phi) is 5.74. The molecular weight excluding hydrogens is 292 g/mol. The van der Waals surface area contributed by atoms with Gasteiger partial charge in [0.1, 0.15) is 5.75 Å². The van der Waals surface area contributed by atoms with Gasteiger partial charge in [0.05, 0.1) is 0 Å².